The van der Waals surface area contributed by atoms with Crippen LogP contribution in [0.3, 0.4) is 0 Å². The SMILES string of the molecule is CC/C=C\C/C=C\C/C=C\CCCCCCCCCC(=O)OC(COC(=O)CCCCCCC/C=C\CCCCC)COC(=O)CCCCCCCCCCCCCCCCCCCC. The number of allylic oxidation sites excluding steroid dienone is 8. The predicted molar refractivity (Wildman–Crippen MR) is 279 cm³/mol. The van der Waals surface area contributed by atoms with Crippen LogP contribution in [-0.2, 0) is 28.6 Å². The van der Waals surface area contributed by atoms with E-state index in [4.69, 9.17) is 14.2 Å². The fraction of sp³-hybridized carbons (Fsp3) is 0.814. The summed E-state index contributed by atoms with van der Waals surface area (Å²) < 4.78 is 16.8. The third-order valence-corrected chi connectivity index (χ3v) is 12.3. The lowest BCUT2D eigenvalue weighted by molar-refractivity contribution is -0.167. The fourth-order valence-corrected chi connectivity index (χ4v) is 8.10. The molecule has 65 heavy (non-hydrogen) atoms. The average molecular weight is 911 g/mol. The third-order valence-electron chi connectivity index (χ3n) is 12.3. The standard InChI is InChI=1S/C59H106O6/c1-4-7-10-13-16-19-22-25-27-29-31-32-34-37-40-43-46-49-52-58(61)64-55-56(54-63-57(60)51-48-45-42-39-36-24-21-18-15-12-9-6-3)65-59(62)53-50-47-44-41-38-35-33-30-28-26-23-20-17-14-11-8-5-2/h8,11,17-18,20-21,26,28,56H,4-7,9-10,12-16,19,22-25,27,29-55H2,1-3H3/b11-8-,20-17-,21-18-,28-26-. The van der Waals surface area contributed by atoms with E-state index in [1.165, 1.54) is 161 Å². The highest BCUT2D eigenvalue weighted by molar-refractivity contribution is 5.71. The largest absolute Gasteiger partial charge is 0.462 e. The molecule has 6 heteroatoms. The van der Waals surface area contributed by atoms with E-state index in [1.807, 2.05) is 0 Å². The van der Waals surface area contributed by atoms with E-state index in [0.29, 0.717) is 19.3 Å². The van der Waals surface area contributed by atoms with Crippen LogP contribution in [0.4, 0.5) is 0 Å². The molecule has 0 saturated carbocycles. The predicted octanol–water partition coefficient (Wildman–Crippen LogP) is 18.7. The first-order valence-electron chi connectivity index (χ1n) is 28.1. The summed E-state index contributed by atoms with van der Waals surface area (Å²) in [4.78, 5) is 38.1. The number of carbonyl (C=O) groups excluding carboxylic acids is 3. The van der Waals surface area contributed by atoms with Crippen molar-refractivity contribution in [3.8, 4) is 0 Å². The number of carbonyl (C=O) groups is 3. The number of rotatable bonds is 51. The second-order valence-electron chi connectivity index (χ2n) is 18.8. The van der Waals surface area contributed by atoms with E-state index in [2.05, 4.69) is 69.4 Å². The van der Waals surface area contributed by atoms with E-state index in [0.717, 1.165) is 89.9 Å². The van der Waals surface area contributed by atoms with Gasteiger partial charge in [-0.15, -0.1) is 0 Å². The zero-order valence-electron chi connectivity index (χ0n) is 43.3. The van der Waals surface area contributed by atoms with Gasteiger partial charge in [0.25, 0.3) is 0 Å². The van der Waals surface area contributed by atoms with Gasteiger partial charge in [0, 0.05) is 19.3 Å². The molecule has 378 valence electrons. The summed E-state index contributed by atoms with van der Waals surface area (Å²) in [5.41, 5.74) is 0. The Kier molecular flexibility index (Phi) is 51.8. The summed E-state index contributed by atoms with van der Waals surface area (Å²) in [6, 6.07) is 0. The van der Waals surface area contributed by atoms with Gasteiger partial charge in [-0.2, -0.15) is 0 Å². The molecule has 0 aliphatic heterocycles. The van der Waals surface area contributed by atoms with Crippen molar-refractivity contribution in [1.29, 1.82) is 0 Å². The highest BCUT2D eigenvalue weighted by Gasteiger charge is 2.19. The van der Waals surface area contributed by atoms with Crippen LogP contribution in [-0.4, -0.2) is 37.2 Å². The van der Waals surface area contributed by atoms with Gasteiger partial charge in [0.15, 0.2) is 6.10 Å². The second-order valence-corrected chi connectivity index (χ2v) is 18.8. The average Bonchev–Trinajstić information content (AvgIpc) is 3.30. The molecule has 0 spiro atoms. The Morgan fingerprint density at radius 3 is 0.985 bits per heavy atom. The van der Waals surface area contributed by atoms with Gasteiger partial charge in [-0.25, -0.2) is 0 Å². The lowest BCUT2D eigenvalue weighted by Crippen LogP contribution is -2.30. The van der Waals surface area contributed by atoms with Gasteiger partial charge in [-0.3, -0.25) is 14.4 Å². The molecule has 0 saturated heterocycles. The van der Waals surface area contributed by atoms with Crippen molar-refractivity contribution in [1.82, 2.24) is 0 Å². The summed E-state index contributed by atoms with van der Waals surface area (Å²) in [7, 11) is 0. The minimum atomic E-state index is -0.779. The Balaban J connectivity index is 4.34. The maximum absolute atomic E-state index is 12.8. The summed E-state index contributed by atoms with van der Waals surface area (Å²) in [6.45, 7) is 6.52. The Labute approximate surface area is 403 Å². The van der Waals surface area contributed by atoms with Crippen molar-refractivity contribution in [2.75, 3.05) is 13.2 Å². The van der Waals surface area contributed by atoms with Crippen LogP contribution in [0, 0.1) is 0 Å². The van der Waals surface area contributed by atoms with Crippen molar-refractivity contribution in [2.45, 2.75) is 297 Å². The summed E-state index contributed by atoms with van der Waals surface area (Å²) in [5, 5.41) is 0. The third kappa shape index (κ3) is 52.2. The van der Waals surface area contributed by atoms with Gasteiger partial charge in [0.2, 0.25) is 0 Å². The van der Waals surface area contributed by atoms with E-state index in [1.54, 1.807) is 0 Å². The van der Waals surface area contributed by atoms with Crippen LogP contribution in [0.2, 0.25) is 0 Å². The second kappa shape index (κ2) is 54.0. The molecule has 0 bridgehead atoms. The molecule has 0 aromatic rings. The van der Waals surface area contributed by atoms with E-state index in [9.17, 15) is 14.4 Å². The quantitative estimate of drug-likeness (QED) is 0.0262. The molecule has 0 aliphatic carbocycles. The molecule has 6 nitrogen and oxygen atoms in total. The van der Waals surface area contributed by atoms with Crippen LogP contribution in [0.25, 0.3) is 0 Å². The number of hydrogen-bond acceptors (Lipinski definition) is 6. The maximum Gasteiger partial charge on any atom is 0.306 e. The first kappa shape index (κ1) is 62.4. The molecule has 1 atom stereocenters. The minimum Gasteiger partial charge on any atom is -0.462 e. The smallest absolute Gasteiger partial charge is 0.306 e. The fourth-order valence-electron chi connectivity index (χ4n) is 8.10. The first-order chi connectivity index (χ1) is 32.0. The molecule has 0 aromatic heterocycles. The van der Waals surface area contributed by atoms with Crippen molar-refractivity contribution < 1.29 is 28.6 Å². The molecule has 0 amide bonds. The Morgan fingerprint density at radius 2 is 0.600 bits per heavy atom. The monoisotopic (exact) mass is 911 g/mol. The lowest BCUT2D eigenvalue weighted by atomic mass is 10.0. The molecule has 0 N–H and O–H groups in total. The summed E-state index contributed by atoms with van der Waals surface area (Å²) >= 11 is 0. The van der Waals surface area contributed by atoms with Gasteiger partial charge >= 0.3 is 17.9 Å². The van der Waals surface area contributed by atoms with Crippen LogP contribution < -0.4 is 0 Å². The molecule has 0 fully saturated rings. The molecule has 1 unspecified atom stereocenters. The topological polar surface area (TPSA) is 78.9 Å². The summed E-state index contributed by atoms with van der Waals surface area (Å²) in [6.07, 6.45) is 65.3. The van der Waals surface area contributed by atoms with Crippen LogP contribution in [0.1, 0.15) is 290 Å². The summed E-state index contributed by atoms with van der Waals surface area (Å²) in [5.74, 6) is -0.883. The van der Waals surface area contributed by atoms with Crippen molar-refractivity contribution >= 4 is 17.9 Å². The van der Waals surface area contributed by atoms with Crippen molar-refractivity contribution in [3.63, 3.8) is 0 Å². The zero-order valence-corrected chi connectivity index (χ0v) is 43.3. The zero-order chi connectivity index (χ0) is 47.2. The molecule has 0 aromatic carbocycles. The normalized spacial score (nSPS) is 12.4. The van der Waals surface area contributed by atoms with Gasteiger partial charge in [-0.05, 0) is 77.0 Å². The maximum atomic E-state index is 12.8. The number of ether oxygens (including phenoxy) is 3. The molecule has 0 rings (SSSR count). The van der Waals surface area contributed by atoms with Crippen LogP contribution in [0.5, 0.6) is 0 Å². The molecular weight excluding hydrogens is 805 g/mol. The Bertz CT molecular complexity index is 1140. The Hall–Kier alpha value is -2.63. The van der Waals surface area contributed by atoms with Gasteiger partial charge in [0.05, 0.1) is 0 Å². The van der Waals surface area contributed by atoms with Gasteiger partial charge < -0.3 is 14.2 Å². The molecular formula is C59H106O6. The van der Waals surface area contributed by atoms with E-state index >= 15 is 0 Å². The number of esters is 3. The Morgan fingerprint density at radius 1 is 0.323 bits per heavy atom. The molecule has 0 heterocycles. The van der Waals surface area contributed by atoms with E-state index in [-0.39, 0.29) is 31.1 Å². The van der Waals surface area contributed by atoms with Gasteiger partial charge in [0.1, 0.15) is 13.2 Å². The highest BCUT2D eigenvalue weighted by Crippen LogP contribution is 2.16. The molecule has 0 aliphatic rings. The number of hydrogen-bond donors (Lipinski definition) is 0. The first-order valence-corrected chi connectivity index (χ1v) is 28.1. The van der Waals surface area contributed by atoms with Crippen LogP contribution in [0.15, 0.2) is 48.6 Å². The molecule has 0 radical (unpaired) electrons. The minimum absolute atomic E-state index is 0.0769. The van der Waals surface area contributed by atoms with Crippen molar-refractivity contribution in [3.05, 3.63) is 48.6 Å². The van der Waals surface area contributed by atoms with Crippen molar-refractivity contribution in [2.24, 2.45) is 0 Å². The lowest BCUT2D eigenvalue weighted by Gasteiger charge is -2.18. The van der Waals surface area contributed by atoms with E-state index < -0.39 is 6.10 Å². The number of unbranched alkanes of at least 4 members (excludes halogenated alkanes) is 32. The highest BCUT2D eigenvalue weighted by atomic mass is 16.6. The van der Waals surface area contributed by atoms with Gasteiger partial charge in [-0.1, -0.05) is 243 Å². The van der Waals surface area contributed by atoms with Crippen LogP contribution >= 0.6 is 0 Å².